The number of hydrogen-bond acceptors (Lipinski definition) is 3. The Kier molecular flexibility index (Phi) is 7.31. The number of carbonyl (C=O) groups excluding carboxylic acids is 2. The van der Waals surface area contributed by atoms with Gasteiger partial charge in [0.15, 0.2) is 0 Å². The van der Waals surface area contributed by atoms with Gasteiger partial charge in [0.05, 0.1) is 0 Å². The molecular formula is C22H34N4O2. The van der Waals surface area contributed by atoms with Gasteiger partial charge in [-0.2, -0.15) is 0 Å². The van der Waals surface area contributed by atoms with E-state index in [9.17, 15) is 9.59 Å². The van der Waals surface area contributed by atoms with Crippen LogP contribution in [-0.4, -0.2) is 48.6 Å². The summed E-state index contributed by atoms with van der Waals surface area (Å²) < 4.78 is 0. The average molecular weight is 387 g/mol. The molecule has 1 heterocycles. The van der Waals surface area contributed by atoms with Crippen LogP contribution in [0.4, 0.5) is 4.79 Å². The average Bonchev–Trinajstić information content (AvgIpc) is 3.54. The third-order valence-corrected chi connectivity index (χ3v) is 5.71. The standard InChI is InChI=1S/C22H34N4O2/c1-16(2)20(25-22(28)24-15-17-6-4-3-5-7-17)21(27)26-12-10-19(11-13-26)23-14-18-8-9-18/h3-7,16,18-20,23H,8-15H2,1-2H3,(H2,24,25,28). The Bertz CT molecular complexity index is 637. The molecular weight excluding hydrogens is 352 g/mol. The van der Waals surface area contributed by atoms with Gasteiger partial charge < -0.3 is 20.9 Å². The largest absolute Gasteiger partial charge is 0.341 e. The third-order valence-electron chi connectivity index (χ3n) is 5.71. The summed E-state index contributed by atoms with van der Waals surface area (Å²) >= 11 is 0. The lowest BCUT2D eigenvalue weighted by Gasteiger charge is -2.35. The van der Waals surface area contributed by atoms with E-state index in [0.29, 0.717) is 12.6 Å². The van der Waals surface area contributed by atoms with E-state index in [1.165, 1.54) is 12.8 Å². The van der Waals surface area contributed by atoms with E-state index in [2.05, 4.69) is 16.0 Å². The number of urea groups is 1. The first-order chi connectivity index (χ1) is 13.5. The topological polar surface area (TPSA) is 73.5 Å². The number of nitrogens with zero attached hydrogens (tertiary/aromatic N) is 1. The van der Waals surface area contributed by atoms with Crippen molar-refractivity contribution in [1.29, 1.82) is 0 Å². The second kappa shape index (κ2) is 9.92. The second-order valence-corrected chi connectivity index (χ2v) is 8.49. The summed E-state index contributed by atoms with van der Waals surface area (Å²) in [4.78, 5) is 27.2. The number of rotatable bonds is 8. The van der Waals surface area contributed by atoms with Gasteiger partial charge in [-0.15, -0.1) is 0 Å². The molecule has 6 nitrogen and oxygen atoms in total. The van der Waals surface area contributed by atoms with Crippen molar-refractivity contribution in [2.75, 3.05) is 19.6 Å². The Balaban J connectivity index is 1.44. The summed E-state index contributed by atoms with van der Waals surface area (Å²) in [6, 6.07) is 9.49. The van der Waals surface area contributed by atoms with Crippen molar-refractivity contribution < 1.29 is 9.59 Å². The van der Waals surface area contributed by atoms with Crippen LogP contribution in [0.5, 0.6) is 0 Å². The molecule has 1 saturated carbocycles. The first-order valence-corrected chi connectivity index (χ1v) is 10.6. The van der Waals surface area contributed by atoms with Crippen molar-refractivity contribution >= 4 is 11.9 Å². The molecule has 6 heteroatoms. The van der Waals surface area contributed by atoms with Gasteiger partial charge in [0.2, 0.25) is 5.91 Å². The lowest BCUT2D eigenvalue weighted by molar-refractivity contribution is -0.135. The second-order valence-electron chi connectivity index (χ2n) is 8.49. The molecule has 0 spiro atoms. The number of nitrogens with one attached hydrogen (secondary N) is 3. The van der Waals surface area contributed by atoms with Gasteiger partial charge in [-0.1, -0.05) is 44.2 Å². The summed E-state index contributed by atoms with van der Waals surface area (Å²) in [6.07, 6.45) is 4.70. The van der Waals surface area contributed by atoms with Crippen LogP contribution in [0.25, 0.3) is 0 Å². The minimum absolute atomic E-state index is 0.0329. The number of carbonyl (C=O) groups is 2. The van der Waals surface area contributed by atoms with Gasteiger partial charge >= 0.3 is 6.03 Å². The van der Waals surface area contributed by atoms with Crippen LogP contribution >= 0.6 is 0 Å². The lowest BCUT2D eigenvalue weighted by atomic mass is 9.99. The van der Waals surface area contributed by atoms with E-state index in [0.717, 1.165) is 44.0 Å². The maximum Gasteiger partial charge on any atom is 0.315 e. The number of benzene rings is 1. The smallest absolute Gasteiger partial charge is 0.315 e. The quantitative estimate of drug-likeness (QED) is 0.643. The SMILES string of the molecule is CC(C)C(NC(=O)NCc1ccccc1)C(=O)N1CCC(NCC2CC2)CC1. The van der Waals surface area contributed by atoms with Crippen molar-refractivity contribution in [1.82, 2.24) is 20.9 Å². The van der Waals surface area contributed by atoms with E-state index in [1.807, 2.05) is 49.1 Å². The zero-order chi connectivity index (χ0) is 19.9. The number of amides is 3. The molecule has 1 saturated heterocycles. The Hall–Kier alpha value is -2.08. The van der Waals surface area contributed by atoms with E-state index in [1.54, 1.807) is 0 Å². The Labute approximate surface area is 168 Å². The highest BCUT2D eigenvalue weighted by Crippen LogP contribution is 2.28. The van der Waals surface area contributed by atoms with Crippen LogP contribution in [0, 0.1) is 11.8 Å². The number of likely N-dealkylation sites (tertiary alicyclic amines) is 1. The molecule has 2 aliphatic rings. The summed E-state index contributed by atoms with van der Waals surface area (Å²) in [5.41, 5.74) is 1.03. The van der Waals surface area contributed by atoms with Crippen LogP contribution in [-0.2, 0) is 11.3 Å². The highest BCUT2D eigenvalue weighted by atomic mass is 16.2. The van der Waals surface area contributed by atoms with Crippen LogP contribution in [0.2, 0.25) is 0 Å². The molecule has 2 fully saturated rings. The summed E-state index contributed by atoms with van der Waals surface area (Å²) in [6.45, 7) is 7.05. The first kappa shape index (κ1) is 20.6. The monoisotopic (exact) mass is 386 g/mol. The van der Waals surface area contributed by atoms with Crippen molar-refractivity contribution in [3.05, 3.63) is 35.9 Å². The molecule has 0 radical (unpaired) electrons. The van der Waals surface area contributed by atoms with E-state index in [4.69, 9.17) is 0 Å². The fourth-order valence-corrected chi connectivity index (χ4v) is 3.64. The van der Waals surface area contributed by atoms with E-state index >= 15 is 0 Å². The Morgan fingerprint density at radius 1 is 1.07 bits per heavy atom. The summed E-state index contributed by atoms with van der Waals surface area (Å²) in [5, 5.41) is 9.38. The van der Waals surface area contributed by atoms with Gasteiger partial charge in [-0.25, -0.2) is 4.79 Å². The molecule has 3 rings (SSSR count). The fraction of sp³-hybridized carbons (Fsp3) is 0.636. The lowest BCUT2D eigenvalue weighted by Crippen LogP contribution is -2.56. The minimum atomic E-state index is -0.494. The third kappa shape index (κ3) is 6.23. The van der Waals surface area contributed by atoms with Crippen LogP contribution in [0.3, 0.4) is 0 Å². The maximum atomic E-state index is 13.0. The van der Waals surface area contributed by atoms with Gasteiger partial charge in [-0.05, 0) is 49.6 Å². The first-order valence-electron chi connectivity index (χ1n) is 10.6. The molecule has 0 aromatic heterocycles. The zero-order valence-electron chi connectivity index (χ0n) is 17.1. The van der Waals surface area contributed by atoms with E-state index in [-0.39, 0.29) is 17.9 Å². The highest BCUT2D eigenvalue weighted by Gasteiger charge is 2.31. The summed E-state index contributed by atoms with van der Waals surface area (Å²) in [7, 11) is 0. The zero-order valence-corrected chi connectivity index (χ0v) is 17.1. The molecule has 1 aliphatic heterocycles. The maximum absolute atomic E-state index is 13.0. The molecule has 1 aromatic carbocycles. The predicted molar refractivity (Wildman–Crippen MR) is 111 cm³/mol. The van der Waals surface area contributed by atoms with Crippen LogP contribution in [0.1, 0.15) is 45.1 Å². The van der Waals surface area contributed by atoms with Crippen LogP contribution in [0.15, 0.2) is 30.3 Å². The predicted octanol–water partition coefficient (Wildman–Crippen LogP) is 2.50. The number of hydrogen-bond donors (Lipinski definition) is 3. The van der Waals surface area contributed by atoms with Crippen molar-refractivity contribution in [2.45, 2.75) is 58.2 Å². The van der Waals surface area contributed by atoms with Crippen molar-refractivity contribution in [2.24, 2.45) is 11.8 Å². The molecule has 0 bridgehead atoms. The molecule has 1 atom stereocenters. The van der Waals surface area contributed by atoms with E-state index < -0.39 is 6.04 Å². The highest BCUT2D eigenvalue weighted by molar-refractivity contribution is 5.87. The fourth-order valence-electron chi connectivity index (χ4n) is 3.64. The van der Waals surface area contributed by atoms with Gasteiger partial charge in [-0.3, -0.25) is 4.79 Å². The summed E-state index contributed by atoms with van der Waals surface area (Å²) in [5.74, 6) is 0.953. The number of piperidine rings is 1. The molecule has 28 heavy (non-hydrogen) atoms. The normalized spacial score (nSPS) is 18.8. The van der Waals surface area contributed by atoms with Crippen LogP contribution < -0.4 is 16.0 Å². The Morgan fingerprint density at radius 2 is 1.75 bits per heavy atom. The minimum Gasteiger partial charge on any atom is -0.341 e. The van der Waals surface area contributed by atoms with Crippen molar-refractivity contribution in [3.8, 4) is 0 Å². The van der Waals surface area contributed by atoms with Gasteiger partial charge in [0, 0.05) is 25.7 Å². The molecule has 1 aliphatic carbocycles. The molecule has 1 aromatic rings. The van der Waals surface area contributed by atoms with Crippen molar-refractivity contribution in [3.63, 3.8) is 0 Å². The Morgan fingerprint density at radius 3 is 2.36 bits per heavy atom. The van der Waals surface area contributed by atoms with Gasteiger partial charge in [0.1, 0.15) is 6.04 Å². The van der Waals surface area contributed by atoms with Gasteiger partial charge in [0.25, 0.3) is 0 Å². The molecule has 1 unspecified atom stereocenters. The molecule has 3 N–H and O–H groups in total. The molecule has 3 amide bonds. The molecule has 154 valence electrons.